The zero-order valence-electron chi connectivity index (χ0n) is 17.5. The zero-order valence-corrected chi connectivity index (χ0v) is 17.5. The van der Waals surface area contributed by atoms with Crippen molar-refractivity contribution < 1.29 is 14.3 Å². The minimum atomic E-state index is -0.482. The number of amides is 2. The smallest absolute Gasteiger partial charge is 0.237 e. The van der Waals surface area contributed by atoms with Gasteiger partial charge in [0.05, 0.1) is 19.6 Å². The van der Waals surface area contributed by atoms with E-state index in [4.69, 9.17) is 4.74 Å². The van der Waals surface area contributed by atoms with Crippen LogP contribution in [0.25, 0.3) is 6.08 Å². The van der Waals surface area contributed by atoms with Crippen LogP contribution < -0.4 is 10.1 Å². The number of hydrogen-bond acceptors (Lipinski definition) is 5. The summed E-state index contributed by atoms with van der Waals surface area (Å²) in [6, 6.07) is 11.1. The van der Waals surface area contributed by atoms with Gasteiger partial charge in [-0.15, -0.1) is 0 Å². The summed E-state index contributed by atoms with van der Waals surface area (Å²) >= 11 is 0. The Morgan fingerprint density at radius 1 is 1.33 bits per heavy atom. The summed E-state index contributed by atoms with van der Waals surface area (Å²) in [4.78, 5) is 33.0. The van der Waals surface area contributed by atoms with Crippen LogP contribution in [0, 0.1) is 0 Å². The van der Waals surface area contributed by atoms with Gasteiger partial charge in [0, 0.05) is 51.2 Å². The van der Waals surface area contributed by atoms with Gasteiger partial charge in [-0.25, -0.2) is 0 Å². The van der Waals surface area contributed by atoms with Crippen LogP contribution in [0.4, 0.5) is 0 Å². The van der Waals surface area contributed by atoms with E-state index >= 15 is 0 Å². The molecule has 3 rings (SSSR count). The number of para-hydroxylation sites is 1. The van der Waals surface area contributed by atoms with E-state index in [-0.39, 0.29) is 18.2 Å². The summed E-state index contributed by atoms with van der Waals surface area (Å²) < 4.78 is 5.37. The fraction of sp³-hybridized carbons (Fsp3) is 0.348. The Hall–Kier alpha value is -3.19. The van der Waals surface area contributed by atoms with Crippen LogP contribution in [-0.2, 0) is 16.1 Å². The molecule has 0 bridgehead atoms. The first kappa shape index (κ1) is 21.5. The van der Waals surface area contributed by atoms with Gasteiger partial charge < -0.3 is 15.0 Å². The Balaban J connectivity index is 1.62. The molecule has 1 saturated heterocycles. The Kier molecular flexibility index (Phi) is 7.57. The Bertz CT molecular complexity index is 885. The molecule has 0 saturated carbocycles. The van der Waals surface area contributed by atoms with Crippen LogP contribution in [0.15, 0.2) is 54.9 Å². The number of nitrogens with zero attached hydrogens (tertiary/aromatic N) is 3. The number of carbonyl (C=O) groups is 2. The maximum absolute atomic E-state index is 12.7. The summed E-state index contributed by atoms with van der Waals surface area (Å²) in [6.45, 7) is 2.33. The lowest BCUT2D eigenvalue weighted by molar-refractivity contribution is -0.138. The highest BCUT2D eigenvalue weighted by Gasteiger charge is 2.31. The van der Waals surface area contributed by atoms with E-state index in [9.17, 15) is 9.59 Å². The van der Waals surface area contributed by atoms with Gasteiger partial charge in [0.25, 0.3) is 0 Å². The first-order valence-electron chi connectivity index (χ1n) is 10.0. The highest BCUT2D eigenvalue weighted by Crippen LogP contribution is 2.19. The predicted octanol–water partition coefficient (Wildman–Crippen LogP) is 1.95. The van der Waals surface area contributed by atoms with Gasteiger partial charge in [-0.1, -0.05) is 36.4 Å². The van der Waals surface area contributed by atoms with Crippen molar-refractivity contribution in [1.82, 2.24) is 20.1 Å². The quantitative estimate of drug-likeness (QED) is 0.723. The molecule has 2 aromatic rings. The molecule has 1 N–H and O–H groups in total. The van der Waals surface area contributed by atoms with Gasteiger partial charge in [0.15, 0.2) is 0 Å². The molecule has 1 aromatic carbocycles. The number of hydrogen-bond donors (Lipinski definition) is 1. The van der Waals surface area contributed by atoms with Gasteiger partial charge >= 0.3 is 0 Å². The van der Waals surface area contributed by atoms with E-state index in [1.807, 2.05) is 53.5 Å². The first-order valence-corrected chi connectivity index (χ1v) is 10.0. The van der Waals surface area contributed by atoms with E-state index in [0.717, 1.165) is 16.9 Å². The predicted molar refractivity (Wildman–Crippen MR) is 116 cm³/mol. The molecular formula is C23H28N4O3. The van der Waals surface area contributed by atoms with Crippen molar-refractivity contribution in [1.29, 1.82) is 0 Å². The maximum atomic E-state index is 12.7. The average Bonchev–Trinajstić information content (AvgIpc) is 2.76. The number of ether oxygens (including phenoxy) is 1. The molecule has 1 fully saturated rings. The second-order valence-electron chi connectivity index (χ2n) is 7.26. The second-order valence-corrected chi connectivity index (χ2v) is 7.26. The molecule has 0 radical (unpaired) electrons. The van der Waals surface area contributed by atoms with E-state index in [1.165, 1.54) is 0 Å². The highest BCUT2D eigenvalue weighted by molar-refractivity contribution is 5.88. The van der Waals surface area contributed by atoms with Gasteiger partial charge in [-0.05, 0) is 17.7 Å². The molecule has 1 aliphatic rings. The molecule has 0 unspecified atom stereocenters. The third kappa shape index (κ3) is 5.67. The molecule has 2 heterocycles. The minimum Gasteiger partial charge on any atom is -0.496 e. The van der Waals surface area contributed by atoms with Crippen LogP contribution in [0.3, 0.4) is 0 Å². The molecule has 158 valence electrons. The molecule has 2 amide bonds. The fourth-order valence-corrected chi connectivity index (χ4v) is 3.50. The number of methoxy groups -OCH3 is 1. The van der Waals surface area contributed by atoms with Crippen LogP contribution in [-0.4, -0.2) is 66.4 Å². The third-order valence-electron chi connectivity index (χ3n) is 5.15. The lowest BCUT2D eigenvalue weighted by atomic mass is 10.1. The lowest BCUT2D eigenvalue weighted by Gasteiger charge is -2.34. The summed E-state index contributed by atoms with van der Waals surface area (Å²) in [7, 11) is 3.40. The van der Waals surface area contributed by atoms with Crippen LogP contribution >= 0.6 is 0 Å². The van der Waals surface area contributed by atoms with Crippen molar-refractivity contribution >= 4 is 17.9 Å². The number of benzene rings is 1. The molecule has 0 spiro atoms. The zero-order chi connectivity index (χ0) is 21.3. The van der Waals surface area contributed by atoms with Gasteiger partial charge in [-0.3, -0.25) is 19.5 Å². The van der Waals surface area contributed by atoms with E-state index in [1.54, 1.807) is 31.5 Å². The number of rotatable bonds is 8. The van der Waals surface area contributed by atoms with E-state index in [0.29, 0.717) is 26.2 Å². The average molecular weight is 409 g/mol. The van der Waals surface area contributed by atoms with Gasteiger partial charge in [-0.2, -0.15) is 0 Å². The summed E-state index contributed by atoms with van der Waals surface area (Å²) in [5.41, 5.74) is 1.93. The van der Waals surface area contributed by atoms with Crippen molar-refractivity contribution in [2.75, 3.05) is 33.8 Å². The van der Waals surface area contributed by atoms with Crippen molar-refractivity contribution in [3.05, 3.63) is 66.0 Å². The molecule has 1 aliphatic heterocycles. The monoisotopic (exact) mass is 408 g/mol. The summed E-state index contributed by atoms with van der Waals surface area (Å²) in [5.74, 6) is 0.628. The molecule has 1 aromatic heterocycles. The lowest BCUT2D eigenvalue weighted by Crippen LogP contribution is -2.56. The van der Waals surface area contributed by atoms with Crippen LogP contribution in [0.2, 0.25) is 0 Å². The Labute approximate surface area is 177 Å². The molecule has 7 nitrogen and oxygen atoms in total. The van der Waals surface area contributed by atoms with Crippen molar-refractivity contribution in [2.45, 2.75) is 19.0 Å². The normalized spacial score (nSPS) is 17.0. The standard InChI is InChI=1S/C23H28N4O3/c1-26(17-18-7-5-11-24-16-18)22(28)15-20-23(29)25-12-14-27(20)13-6-9-19-8-3-4-10-21(19)30-2/h3-11,16,20H,12-15,17H2,1-2H3,(H,25,29)/b9-6+/t20-/m0/s1. The molecule has 0 aliphatic carbocycles. The van der Waals surface area contributed by atoms with Crippen LogP contribution in [0.1, 0.15) is 17.5 Å². The van der Waals surface area contributed by atoms with Crippen LogP contribution in [0.5, 0.6) is 5.75 Å². The molecule has 7 heteroatoms. The molecule has 30 heavy (non-hydrogen) atoms. The summed E-state index contributed by atoms with van der Waals surface area (Å²) in [5, 5.41) is 2.88. The first-order chi connectivity index (χ1) is 14.6. The minimum absolute atomic E-state index is 0.0698. The molecular weight excluding hydrogens is 380 g/mol. The third-order valence-corrected chi connectivity index (χ3v) is 5.15. The summed E-state index contributed by atoms with van der Waals surface area (Å²) in [6.07, 6.45) is 7.58. The Morgan fingerprint density at radius 2 is 2.17 bits per heavy atom. The van der Waals surface area contributed by atoms with E-state index in [2.05, 4.69) is 10.3 Å². The number of piperazine rings is 1. The van der Waals surface area contributed by atoms with Crippen molar-refractivity contribution in [3.8, 4) is 5.75 Å². The number of carbonyl (C=O) groups excluding carboxylic acids is 2. The topological polar surface area (TPSA) is 74.8 Å². The van der Waals surface area contributed by atoms with Crippen molar-refractivity contribution in [3.63, 3.8) is 0 Å². The fourth-order valence-electron chi connectivity index (χ4n) is 3.50. The largest absolute Gasteiger partial charge is 0.496 e. The number of nitrogens with one attached hydrogen (secondary N) is 1. The molecule has 1 atom stereocenters. The SMILES string of the molecule is COc1ccccc1/C=C/CN1CCNC(=O)[C@@H]1CC(=O)N(C)Cc1cccnc1. The van der Waals surface area contributed by atoms with Gasteiger partial charge in [0.2, 0.25) is 11.8 Å². The second kappa shape index (κ2) is 10.5. The van der Waals surface area contributed by atoms with Crippen molar-refractivity contribution in [2.24, 2.45) is 0 Å². The van der Waals surface area contributed by atoms with Gasteiger partial charge in [0.1, 0.15) is 5.75 Å². The highest BCUT2D eigenvalue weighted by atomic mass is 16.5. The maximum Gasteiger partial charge on any atom is 0.237 e. The number of aromatic nitrogens is 1. The van der Waals surface area contributed by atoms with E-state index < -0.39 is 6.04 Å². The Morgan fingerprint density at radius 3 is 2.93 bits per heavy atom. The number of pyridine rings is 1.